The van der Waals surface area contributed by atoms with Gasteiger partial charge in [0.2, 0.25) is 0 Å². The molecule has 0 saturated heterocycles. The van der Waals surface area contributed by atoms with Gasteiger partial charge in [-0.15, -0.1) is 0 Å². The Morgan fingerprint density at radius 1 is 0.889 bits per heavy atom. The summed E-state index contributed by atoms with van der Waals surface area (Å²) in [5.41, 5.74) is 4.38. The van der Waals surface area contributed by atoms with Crippen LogP contribution in [0.3, 0.4) is 0 Å². The van der Waals surface area contributed by atoms with Crippen LogP contribution in [0.15, 0.2) is 72.8 Å². The number of hydrogen-bond donors (Lipinski definition) is 0. The highest BCUT2D eigenvalue weighted by Crippen LogP contribution is 2.27. The Bertz CT molecular complexity index is 897. The predicted molar refractivity (Wildman–Crippen MR) is 108 cm³/mol. The van der Waals surface area contributed by atoms with Gasteiger partial charge in [0.15, 0.2) is 6.61 Å². The molecule has 0 aromatic heterocycles. The van der Waals surface area contributed by atoms with Crippen molar-refractivity contribution in [2.45, 2.75) is 26.7 Å². The smallest absolute Gasteiger partial charge is 0.349 e. The Kier molecular flexibility index (Phi) is 5.92. The summed E-state index contributed by atoms with van der Waals surface area (Å²) < 4.78 is 11.1. The topological polar surface area (TPSA) is 35.5 Å². The summed E-state index contributed by atoms with van der Waals surface area (Å²) in [6.45, 7) is 6.08. The van der Waals surface area contributed by atoms with Crippen LogP contribution in [-0.4, -0.2) is 12.6 Å². The average Bonchev–Trinajstić information content (AvgIpc) is 2.67. The fraction of sp³-hybridized carbons (Fsp3) is 0.208. The van der Waals surface area contributed by atoms with Crippen LogP contribution in [0.1, 0.15) is 30.9 Å². The van der Waals surface area contributed by atoms with Gasteiger partial charge in [0.05, 0.1) is 0 Å². The Morgan fingerprint density at radius 3 is 2.22 bits per heavy atom. The van der Waals surface area contributed by atoms with Crippen molar-refractivity contribution in [3.63, 3.8) is 0 Å². The molecule has 0 spiro atoms. The van der Waals surface area contributed by atoms with E-state index in [4.69, 9.17) is 9.47 Å². The number of carbonyl (C=O) groups excluding carboxylic acids is 1. The molecule has 0 saturated carbocycles. The first-order valence-corrected chi connectivity index (χ1v) is 9.12. The second-order valence-corrected chi connectivity index (χ2v) is 6.85. The number of aryl methyl sites for hydroxylation is 1. The van der Waals surface area contributed by atoms with Crippen LogP contribution < -0.4 is 9.47 Å². The van der Waals surface area contributed by atoms with E-state index in [1.54, 1.807) is 12.1 Å². The van der Waals surface area contributed by atoms with Crippen molar-refractivity contribution in [3.05, 3.63) is 83.9 Å². The van der Waals surface area contributed by atoms with Crippen molar-refractivity contribution in [1.29, 1.82) is 0 Å². The zero-order valence-electron chi connectivity index (χ0n) is 15.9. The van der Waals surface area contributed by atoms with Gasteiger partial charge in [0.25, 0.3) is 0 Å². The van der Waals surface area contributed by atoms with Gasteiger partial charge in [-0.2, -0.15) is 0 Å². The number of hydrogen-bond acceptors (Lipinski definition) is 3. The molecule has 0 N–H and O–H groups in total. The predicted octanol–water partition coefficient (Wildman–Crippen LogP) is 5.77. The minimum absolute atomic E-state index is 0.121. The quantitative estimate of drug-likeness (QED) is 0.413. The molecular formula is C24H24O3. The molecule has 138 valence electrons. The summed E-state index contributed by atoms with van der Waals surface area (Å²) >= 11 is 0. The molecule has 0 aliphatic heterocycles. The highest BCUT2D eigenvalue weighted by atomic mass is 16.6. The average molecular weight is 360 g/mol. The van der Waals surface area contributed by atoms with Crippen LogP contribution in [0.5, 0.6) is 11.5 Å². The Balaban J connectivity index is 1.61. The molecule has 0 radical (unpaired) electrons. The third-order valence-corrected chi connectivity index (χ3v) is 4.33. The molecule has 0 aliphatic rings. The summed E-state index contributed by atoms with van der Waals surface area (Å²) in [4.78, 5) is 12.2. The zero-order chi connectivity index (χ0) is 19.2. The van der Waals surface area contributed by atoms with Crippen molar-refractivity contribution < 1.29 is 14.3 Å². The van der Waals surface area contributed by atoms with Crippen LogP contribution >= 0.6 is 0 Å². The maximum absolute atomic E-state index is 12.2. The number of ether oxygens (including phenoxy) is 2. The van der Waals surface area contributed by atoms with Gasteiger partial charge in [-0.25, -0.2) is 4.79 Å². The molecule has 3 rings (SSSR count). The molecule has 3 nitrogen and oxygen atoms in total. The van der Waals surface area contributed by atoms with E-state index in [9.17, 15) is 4.79 Å². The standard InChI is InChI=1S/C24H24O3/c1-17(2)22-14-9-18(3)15-23(22)26-16-24(25)27-21-12-10-20(11-13-21)19-7-5-4-6-8-19/h4-15,17H,16H2,1-3H3. The first-order valence-electron chi connectivity index (χ1n) is 9.12. The van der Waals surface area contributed by atoms with Crippen LogP contribution in [0, 0.1) is 6.92 Å². The summed E-state index contributed by atoms with van der Waals surface area (Å²) in [5, 5.41) is 0. The molecule has 3 heteroatoms. The van der Waals surface area contributed by atoms with Crippen molar-refractivity contribution in [2.24, 2.45) is 0 Å². The van der Waals surface area contributed by atoms with Crippen LogP contribution in [0.25, 0.3) is 11.1 Å². The van der Waals surface area contributed by atoms with Crippen LogP contribution in [0.2, 0.25) is 0 Å². The van der Waals surface area contributed by atoms with E-state index < -0.39 is 5.97 Å². The third-order valence-electron chi connectivity index (χ3n) is 4.33. The SMILES string of the molecule is Cc1ccc(C(C)C)c(OCC(=O)Oc2ccc(-c3ccccc3)cc2)c1. The maximum Gasteiger partial charge on any atom is 0.349 e. The minimum Gasteiger partial charge on any atom is -0.482 e. The number of carbonyl (C=O) groups is 1. The van der Waals surface area contributed by atoms with Gasteiger partial charge in [-0.05, 0) is 53.3 Å². The number of rotatable bonds is 6. The van der Waals surface area contributed by atoms with Crippen molar-refractivity contribution in [2.75, 3.05) is 6.61 Å². The normalized spacial score (nSPS) is 10.7. The largest absolute Gasteiger partial charge is 0.482 e. The summed E-state index contributed by atoms with van der Waals surface area (Å²) in [7, 11) is 0. The minimum atomic E-state index is -0.418. The molecule has 0 fully saturated rings. The summed E-state index contributed by atoms with van der Waals surface area (Å²) in [6.07, 6.45) is 0. The van der Waals surface area contributed by atoms with E-state index in [2.05, 4.69) is 19.9 Å². The molecule has 0 atom stereocenters. The van der Waals surface area contributed by atoms with E-state index in [1.165, 1.54) is 0 Å². The first kappa shape index (κ1) is 18.7. The Hall–Kier alpha value is -3.07. The van der Waals surface area contributed by atoms with Crippen LogP contribution in [0.4, 0.5) is 0 Å². The van der Waals surface area contributed by atoms with Gasteiger partial charge in [-0.3, -0.25) is 0 Å². The summed E-state index contributed by atoms with van der Waals surface area (Å²) in [6, 6.07) is 23.6. The van der Waals surface area contributed by atoms with Gasteiger partial charge in [-0.1, -0.05) is 68.4 Å². The lowest BCUT2D eigenvalue weighted by Crippen LogP contribution is -2.18. The van der Waals surface area contributed by atoms with E-state index in [0.29, 0.717) is 11.7 Å². The zero-order valence-corrected chi connectivity index (χ0v) is 15.9. The number of benzene rings is 3. The second-order valence-electron chi connectivity index (χ2n) is 6.85. The van der Waals surface area contributed by atoms with Gasteiger partial charge < -0.3 is 9.47 Å². The second kappa shape index (κ2) is 8.54. The van der Waals surface area contributed by atoms with Crippen molar-refractivity contribution in [1.82, 2.24) is 0 Å². The summed E-state index contributed by atoms with van der Waals surface area (Å²) in [5.74, 6) is 1.15. The highest BCUT2D eigenvalue weighted by Gasteiger charge is 2.11. The Morgan fingerprint density at radius 2 is 1.56 bits per heavy atom. The van der Waals surface area contributed by atoms with Gasteiger partial charge >= 0.3 is 5.97 Å². The van der Waals surface area contributed by atoms with E-state index >= 15 is 0 Å². The molecular weight excluding hydrogens is 336 g/mol. The molecule has 3 aromatic carbocycles. The van der Waals surface area contributed by atoms with E-state index in [0.717, 1.165) is 28.0 Å². The fourth-order valence-corrected chi connectivity index (χ4v) is 2.89. The lowest BCUT2D eigenvalue weighted by molar-refractivity contribution is -0.136. The van der Waals surface area contributed by atoms with E-state index in [1.807, 2.05) is 61.5 Å². The Labute approximate surface area is 160 Å². The lowest BCUT2D eigenvalue weighted by atomic mass is 10.0. The molecule has 0 bridgehead atoms. The lowest BCUT2D eigenvalue weighted by Gasteiger charge is -2.14. The van der Waals surface area contributed by atoms with E-state index in [-0.39, 0.29) is 6.61 Å². The van der Waals surface area contributed by atoms with Crippen molar-refractivity contribution in [3.8, 4) is 22.6 Å². The molecule has 0 unspecified atom stereocenters. The maximum atomic E-state index is 12.2. The van der Waals surface area contributed by atoms with Gasteiger partial charge in [0.1, 0.15) is 11.5 Å². The monoisotopic (exact) mass is 360 g/mol. The third kappa shape index (κ3) is 4.98. The molecule has 0 heterocycles. The first-order chi connectivity index (χ1) is 13.0. The highest BCUT2D eigenvalue weighted by molar-refractivity contribution is 5.74. The number of esters is 1. The van der Waals surface area contributed by atoms with Gasteiger partial charge in [0, 0.05) is 0 Å². The van der Waals surface area contributed by atoms with Crippen LogP contribution in [-0.2, 0) is 4.79 Å². The fourth-order valence-electron chi connectivity index (χ4n) is 2.89. The molecule has 0 aliphatic carbocycles. The molecule has 27 heavy (non-hydrogen) atoms. The van der Waals surface area contributed by atoms with Crippen molar-refractivity contribution >= 4 is 5.97 Å². The molecule has 3 aromatic rings. The molecule has 0 amide bonds.